The molecule has 19 heavy (non-hydrogen) atoms. The Morgan fingerprint density at radius 2 is 2.05 bits per heavy atom. The standard InChI is InChI=1S/C14H13NO3S/c1-9-7-10(14(16)17)8-13(15-9)19-12-6-4-3-5-11(12)18-2/h3-8H,1-2H3,(H,16,17). The van der Waals surface area contributed by atoms with Crippen molar-refractivity contribution in [1.29, 1.82) is 0 Å². The predicted molar refractivity (Wildman–Crippen MR) is 73.1 cm³/mol. The number of benzene rings is 1. The lowest BCUT2D eigenvalue weighted by atomic mass is 10.2. The van der Waals surface area contributed by atoms with Crippen LogP contribution < -0.4 is 4.74 Å². The van der Waals surface area contributed by atoms with E-state index in [-0.39, 0.29) is 5.56 Å². The summed E-state index contributed by atoms with van der Waals surface area (Å²) in [5, 5.41) is 9.68. The van der Waals surface area contributed by atoms with Gasteiger partial charge in [0, 0.05) is 5.69 Å². The van der Waals surface area contributed by atoms with Crippen LogP contribution in [0.4, 0.5) is 0 Å². The third-order valence-electron chi connectivity index (χ3n) is 2.46. The molecule has 98 valence electrons. The lowest BCUT2D eigenvalue weighted by Gasteiger charge is -2.08. The zero-order chi connectivity index (χ0) is 13.8. The fourth-order valence-corrected chi connectivity index (χ4v) is 2.63. The van der Waals surface area contributed by atoms with Gasteiger partial charge in [0.25, 0.3) is 0 Å². The average Bonchev–Trinajstić information content (AvgIpc) is 2.38. The van der Waals surface area contributed by atoms with Crippen LogP contribution in [0, 0.1) is 6.92 Å². The van der Waals surface area contributed by atoms with E-state index in [4.69, 9.17) is 9.84 Å². The van der Waals surface area contributed by atoms with E-state index in [1.54, 1.807) is 26.2 Å². The highest BCUT2D eigenvalue weighted by Gasteiger charge is 2.10. The van der Waals surface area contributed by atoms with Gasteiger partial charge in [0.2, 0.25) is 0 Å². The number of rotatable bonds is 4. The smallest absolute Gasteiger partial charge is 0.335 e. The summed E-state index contributed by atoms with van der Waals surface area (Å²) >= 11 is 1.39. The molecule has 1 aromatic carbocycles. The van der Waals surface area contributed by atoms with E-state index in [1.807, 2.05) is 24.3 Å². The Morgan fingerprint density at radius 3 is 2.74 bits per heavy atom. The highest BCUT2D eigenvalue weighted by Crippen LogP contribution is 2.34. The fraction of sp³-hybridized carbons (Fsp3) is 0.143. The van der Waals surface area contributed by atoms with Crippen LogP contribution in [0.25, 0.3) is 0 Å². The molecule has 0 bridgehead atoms. The molecule has 1 aromatic heterocycles. The Balaban J connectivity index is 2.35. The summed E-state index contributed by atoms with van der Waals surface area (Å²) in [4.78, 5) is 16.3. The van der Waals surface area contributed by atoms with Crippen molar-refractivity contribution < 1.29 is 14.6 Å². The summed E-state index contributed by atoms with van der Waals surface area (Å²) in [7, 11) is 1.60. The number of methoxy groups -OCH3 is 1. The van der Waals surface area contributed by atoms with Gasteiger partial charge in [-0.1, -0.05) is 23.9 Å². The largest absolute Gasteiger partial charge is 0.496 e. The molecule has 1 heterocycles. The molecule has 0 atom stereocenters. The molecular formula is C14H13NO3S. The Hall–Kier alpha value is -2.01. The van der Waals surface area contributed by atoms with Crippen LogP contribution in [-0.2, 0) is 0 Å². The third kappa shape index (κ3) is 3.26. The van der Waals surface area contributed by atoms with E-state index in [0.29, 0.717) is 10.7 Å². The Kier molecular flexibility index (Phi) is 4.06. The van der Waals surface area contributed by atoms with Crippen LogP contribution in [0.1, 0.15) is 16.1 Å². The van der Waals surface area contributed by atoms with Crippen LogP contribution in [0.2, 0.25) is 0 Å². The number of ether oxygens (including phenoxy) is 1. The van der Waals surface area contributed by atoms with Crippen LogP contribution in [-0.4, -0.2) is 23.2 Å². The summed E-state index contributed by atoms with van der Waals surface area (Å²) in [6, 6.07) is 10.7. The second-order valence-corrected chi connectivity index (χ2v) is 4.96. The number of para-hydroxylation sites is 1. The SMILES string of the molecule is COc1ccccc1Sc1cc(C(=O)O)cc(C)n1. The first kappa shape index (κ1) is 13.4. The van der Waals surface area contributed by atoms with E-state index in [2.05, 4.69) is 4.98 Å². The number of aromatic nitrogens is 1. The number of carboxylic acids is 1. The van der Waals surface area contributed by atoms with E-state index in [1.165, 1.54) is 11.8 Å². The molecular weight excluding hydrogens is 262 g/mol. The minimum Gasteiger partial charge on any atom is -0.496 e. The van der Waals surface area contributed by atoms with Crippen molar-refractivity contribution >= 4 is 17.7 Å². The molecule has 2 rings (SSSR count). The number of aryl methyl sites for hydroxylation is 1. The Morgan fingerprint density at radius 1 is 1.32 bits per heavy atom. The topological polar surface area (TPSA) is 59.4 Å². The molecule has 0 saturated heterocycles. The highest BCUT2D eigenvalue weighted by molar-refractivity contribution is 7.99. The molecule has 1 N–H and O–H groups in total. The van der Waals surface area contributed by atoms with Gasteiger partial charge >= 0.3 is 5.97 Å². The number of nitrogens with zero attached hydrogens (tertiary/aromatic N) is 1. The summed E-state index contributed by atoms with van der Waals surface area (Å²) < 4.78 is 5.26. The van der Waals surface area contributed by atoms with Crippen LogP contribution >= 0.6 is 11.8 Å². The van der Waals surface area contributed by atoms with E-state index < -0.39 is 5.97 Å². The first-order valence-electron chi connectivity index (χ1n) is 5.63. The summed E-state index contributed by atoms with van der Waals surface area (Å²) in [5.74, 6) is -0.208. The molecule has 4 nitrogen and oxygen atoms in total. The van der Waals surface area contributed by atoms with Gasteiger partial charge < -0.3 is 9.84 Å². The predicted octanol–water partition coefficient (Wildman–Crippen LogP) is 3.25. The second kappa shape index (κ2) is 5.75. The second-order valence-electron chi connectivity index (χ2n) is 3.89. The first-order chi connectivity index (χ1) is 9.10. The van der Waals surface area contributed by atoms with E-state index in [9.17, 15) is 4.79 Å². The van der Waals surface area contributed by atoms with Gasteiger partial charge in [-0.15, -0.1) is 0 Å². The number of carbonyl (C=O) groups is 1. The molecule has 0 amide bonds. The molecule has 5 heteroatoms. The molecule has 0 radical (unpaired) electrons. The molecule has 0 spiro atoms. The molecule has 0 aliphatic heterocycles. The van der Waals surface area contributed by atoms with Crippen molar-refractivity contribution in [2.45, 2.75) is 16.8 Å². The Bertz CT molecular complexity index is 613. The lowest BCUT2D eigenvalue weighted by Crippen LogP contribution is -1.99. The Labute approximate surface area is 115 Å². The van der Waals surface area contributed by atoms with Gasteiger partial charge in [-0.05, 0) is 31.2 Å². The zero-order valence-electron chi connectivity index (χ0n) is 10.6. The monoisotopic (exact) mass is 275 g/mol. The summed E-state index contributed by atoms with van der Waals surface area (Å²) in [6.45, 7) is 1.78. The minimum absolute atomic E-state index is 0.241. The molecule has 0 unspecified atom stereocenters. The number of carboxylic acid groups (broad SMARTS) is 1. The van der Waals surface area contributed by atoms with Crippen molar-refractivity contribution in [1.82, 2.24) is 4.98 Å². The summed E-state index contributed by atoms with van der Waals surface area (Å²) in [6.07, 6.45) is 0. The van der Waals surface area contributed by atoms with Gasteiger partial charge in [-0.25, -0.2) is 9.78 Å². The first-order valence-corrected chi connectivity index (χ1v) is 6.44. The maximum Gasteiger partial charge on any atom is 0.335 e. The van der Waals surface area contributed by atoms with Gasteiger partial charge in [-0.2, -0.15) is 0 Å². The van der Waals surface area contributed by atoms with Gasteiger partial charge in [-0.3, -0.25) is 0 Å². The molecule has 0 aliphatic carbocycles. The van der Waals surface area contributed by atoms with E-state index in [0.717, 1.165) is 10.6 Å². The molecule has 0 aliphatic rings. The van der Waals surface area contributed by atoms with Crippen LogP contribution in [0.15, 0.2) is 46.3 Å². The quantitative estimate of drug-likeness (QED) is 0.928. The fourth-order valence-electron chi connectivity index (χ4n) is 1.63. The van der Waals surface area contributed by atoms with Crippen molar-refractivity contribution in [2.24, 2.45) is 0 Å². The zero-order valence-corrected chi connectivity index (χ0v) is 11.4. The van der Waals surface area contributed by atoms with Crippen molar-refractivity contribution in [3.05, 3.63) is 47.7 Å². The van der Waals surface area contributed by atoms with E-state index >= 15 is 0 Å². The maximum atomic E-state index is 11.0. The van der Waals surface area contributed by atoms with Gasteiger partial charge in [0.05, 0.1) is 17.6 Å². The van der Waals surface area contributed by atoms with Crippen LogP contribution in [0.3, 0.4) is 0 Å². The average molecular weight is 275 g/mol. The van der Waals surface area contributed by atoms with Crippen molar-refractivity contribution in [2.75, 3.05) is 7.11 Å². The minimum atomic E-state index is -0.952. The number of hydrogen-bond donors (Lipinski definition) is 1. The maximum absolute atomic E-state index is 11.0. The number of hydrogen-bond acceptors (Lipinski definition) is 4. The van der Waals surface area contributed by atoms with Crippen molar-refractivity contribution in [3.63, 3.8) is 0 Å². The van der Waals surface area contributed by atoms with Gasteiger partial charge in [0.1, 0.15) is 10.8 Å². The van der Waals surface area contributed by atoms with Crippen molar-refractivity contribution in [3.8, 4) is 5.75 Å². The van der Waals surface area contributed by atoms with Crippen LogP contribution in [0.5, 0.6) is 5.75 Å². The molecule has 0 fully saturated rings. The molecule has 2 aromatic rings. The number of aromatic carboxylic acids is 1. The number of pyridine rings is 1. The third-order valence-corrected chi connectivity index (χ3v) is 3.44. The molecule has 0 saturated carbocycles. The highest BCUT2D eigenvalue weighted by atomic mass is 32.2. The lowest BCUT2D eigenvalue weighted by molar-refractivity contribution is 0.0696. The normalized spacial score (nSPS) is 10.2. The summed E-state index contributed by atoms with van der Waals surface area (Å²) in [5.41, 5.74) is 0.919. The van der Waals surface area contributed by atoms with Gasteiger partial charge in [0.15, 0.2) is 0 Å².